The summed E-state index contributed by atoms with van der Waals surface area (Å²) >= 11 is 0. The molecular formula is C24H28N2O2S2. The van der Waals surface area contributed by atoms with Gasteiger partial charge in [0.15, 0.2) is 0 Å². The second-order valence-corrected chi connectivity index (χ2v) is 10.1. The third kappa shape index (κ3) is 4.25. The fourth-order valence-electron chi connectivity index (χ4n) is 3.63. The molecule has 2 heterocycles. The lowest BCUT2D eigenvalue weighted by atomic mass is 9.90. The van der Waals surface area contributed by atoms with E-state index in [0.29, 0.717) is 0 Å². The Kier molecular flexibility index (Phi) is 6.16. The van der Waals surface area contributed by atoms with Gasteiger partial charge in [-0.3, -0.25) is 0 Å². The van der Waals surface area contributed by atoms with Crippen molar-refractivity contribution in [1.29, 1.82) is 0 Å². The van der Waals surface area contributed by atoms with Crippen molar-refractivity contribution in [3.8, 4) is 22.6 Å². The Bertz CT molecular complexity index is 1080. The molecule has 0 aliphatic carbocycles. The fourth-order valence-corrected chi connectivity index (χ4v) is 6.56. The molecule has 1 aromatic heterocycles. The predicted octanol–water partition coefficient (Wildman–Crippen LogP) is 6.95. The van der Waals surface area contributed by atoms with Crippen LogP contribution >= 0.6 is 20.7 Å². The maximum Gasteiger partial charge on any atom is 0.135 e. The number of unbranched alkanes of at least 4 members (excludes halogenated alkanes) is 2. The zero-order valence-electron chi connectivity index (χ0n) is 18.0. The highest BCUT2D eigenvalue weighted by Crippen LogP contribution is 2.46. The van der Waals surface area contributed by atoms with Crippen molar-refractivity contribution in [2.75, 3.05) is 19.0 Å². The molecule has 2 aromatic carbocycles. The van der Waals surface area contributed by atoms with Gasteiger partial charge in [0.2, 0.25) is 0 Å². The van der Waals surface area contributed by atoms with Crippen LogP contribution in [0.3, 0.4) is 0 Å². The van der Waals surface area contributed by atoms with Gasteiger partial charge in [-0.15, -0.1) is 0 Å². The molecule has 158 valence electrons. The Morgan fingerprint density at radius 3 is 2.50 bits per heavy atom. The van der Waals surface area contributed by atoms with Crippen LogP contribution in [0.4, 0.5) is 11.4 Å². The SMILES string of the molecule is CCCCCOc1ccc(N=c2ssc3c2-c2cc(OC)ccc2NC3(C)C)cc1. The van der Waals surface area contributed by atoms with Crippen LogP contribution in [0.25, 0.3) is 11.1 Å². The number of benzene rings is 2. The summed E-state index contributed by atoms with van der Waals surface area (Å²) in [7, 11) is 5.22. The molecule has 3 aromatic rings. The van der Waals surface area contributed by atoms with Crippen LogP contribution in [0.2, 0.25) is 0 Å². The Morgan fingerprint density at radius 1 is 1.00 bits per heavy atom. The van der Waals surface area contributed by atoms with Gasteiger partial charge in [-0.1, -0.05) is 40.4 Å². The van der Waals surface area contributed by atoms with Gasteiger partial charge in [0.05, 0.1) is 29.8 Å². The molecule has 1 aliphatic rings. The van der Waals surface area contributed by atoms with Crippen LogP contribution in [0.15, 0.2) is 47.5 Å². The fraction of sp³-hybridized carbons (Fsp3) is 0.375. The largest absolute Gasteiger partial charge is 0.497 e. The summed E-state index contributed by atoms with van der Waals surface area (Å²) in [5.41, 5.74) is 4.28. The van der Waals surface area contributed by atoms with Gasteiger partial charge >= 0.3 is 0 Å². The Hall–Kier alpha value is -2.31. The Morgan fingerprint density at radius 2 is 1.77 bits per heavy atom. The quantitative estimate of drug-likeness (QED) is 0.319. The molecular weight excluding hydrogens is 412 g/mol. The van der Waals surface area contributed by atoms with Gasteiger partial charge in [-0.25, -0.2) is 4.99 Å². The highest BCUT2D eigenvalue weighted by molar-refractivity contribution is 7.68. The molecule has 4 rings (SSSR count). The lowest BCUT2D eigenvalue weighted by Gasteiger charge is -2.33. The van der Waals surface area contributed by atoms with Crippen LogP contribution in [0.1, 0.15) is 44.9 Å². The number of rotatable bonds is 7. The lowest BCUT2D eigenvalue weighted by Crippen LogP contribution is -2.31. The van der Waals surface area contributed by atoms with E-state index in [1.165, 1.54) is 23.3 Å². The van der Waals surface area contributed by atoms with E-state index in [0.717, 1.165) is 46.1 Å². The molecule has 6 heteroatoms. The van der Waals surface area contributed by atoms with Crippen molar-refractivity contribution >= 4 is 32.1 Å². The van der Waals surface area contributed by atoms with Crippen molar-refractivity contribution in [3.05, 3.63) is 52.0 Å². The van der Waals surface area contributed by atoms with E-state index in [4.69, 9.17) is 14.5 Å². The Balaban J connectivity index is 1.68. The van der Waals surface area contributed by atoms with Crippen molar-refractivity contribution in [2.24, 2.45) is 4.99 Å². The van der Waals surface area contributed by atoms with Gasteiger partial charge < -0.3 is 14.8 Å². The first-order chi connectivity index (χ1) is 14.5. The highest BCUT2D eigenvalue weighted by Gasteiger charge is 2.33. The van der Waals surface area contributed by atoms with Crippen LogP contribution in [-0.4, -0.2) is 13.7 Å². The van der Waals surface area contributed by atoms with Crippen LogP contribution in [0.5, 0.6) is 11.5 Å². The summed E-state index contributed by atoms with van der Waals surface area (Å²) < 4.78 is 12.3. The molecule has 0 saturated carbocycles. The second-order valence-electron chi connectivity index (χ2n) is 8.00. The van der Waals surface area contributed by atoms with E-state index in [1.807, 2.05) is 30.3 Å². The van der Waals surface area contributed by atoms with E-state index in [2.05, 4.69) is 38.2 Å². The molecule has 4 nitrogen and oxygen atoms in total. The number of nitrogens with zero attached hydrogens (tertiary/aromatic N) is 1. The van der Waals surface area contributed by atoms with Gasteiger partial charge in [0.1, 0.15) is 16.2 Å². The molecule has 0 unspecified atom stereocenters. The molecule has 0 bridgehead atoms. The highest BCUT2D eigenvalue weighted by atomic mass is 32.9. The number of methoxy groups -OCH3 is 1. The molecule has 0 spiro atoms. The minimum atomic E-state index is -0.137. The number of fused-ring (bicyclic) bond motifs is 3. The summed E-state index contributed by atoms with van der Waals surface area (Å²) in [5, 5.41) is 3.66. The summed E-state index contributed by atoms with van der Waals surface area (Å²) in [6.07, 6.45) is 3.50. The molecule has 1 N–H and O–H groups in total. The minimum Gasteiger partial charge on any atom is -0.497 e. The molecule has 0 saturated heterocycles. The standard InChI is InChI=1S/C24H28N2O2S2/c1-5-6-7-14-28-17-10-8-16(9-11-17)25-23-21-19-15-18(27-4)12-13-20(19)26-24(2,3)22(21)29-30-23/h8-13,15,26H,5-7,14H2,1-4H3. The summed E-state index contributed by atoms with van der Waals surface area (Å²) in [6.45, 7) is 7.41. The predicted molar refractivity (Wildman–Crippen MR) is 128 cm³/mol. The third-order valence-corrected chi connectivity index (χ3v) is 7.88. The van der Waals surface area contributed by atoms with E-state index >= 15 is 0 Å². The van der Waals surface area contributed by atoms with Crippen LogP contribution < -0.4 is 19.5 Å². The third-order valence-electron chi connectivity index (χ3n) is 5.24. The first-order valence-corrected chi connectivity index (χ1v) is 12.5. The average molecular weight is 441 g/mol. The second kappa shape index (κ2) is 8.82. The van der Waals surface area contributed by atoms with Crippen LogP contribution in [0, 0.1) is 0 Å². The maximum atomic E-state index is 5.83. The minimum absolute atomic E-state index is 0.137. The molecule has 0 fully saturated rings. The van der Waals surface area contributed by atoms with E-state index in [1.54, 1.807) is 27.8 Å². The smallest absolute Gasteiger partial charge is 0.135 e. The molecule has 0 atom stereocenters. The van der Waals surface area contributed by atoms with E-state index in [9.17, 15) is 0 Å². The monoisotopic (exact) mass is 440 g/mol. The summed E-state index contributed by atoms with van der Waals surface area (Å²) in [5.74, 6) is 1.76. The van der Waals surface area contributed by atoms with E-state index in [-0.39, 0.29) is 5.54 Å². The first-order valence-electron chi connectivity index (χ1n) is 10.4. The van der Waals surface area contributed by atoms with Crippen molar-refractivity contribution in [1.82, 2.24) is 0 Å². The normalized spacial score (nSPS) is 14.6. The van der Waals surface area contributed by atoms with Crippen molar-refractivity contribution < 1.29 is 9.47 Å². The van der Waals surface area contributed by atoms with Gasteiger partial charge in [-0.05, 0) is 62.7 Å². The molecule has 30 heavy (non-hydrogen) atoms. The first kappa shape index (κ1) is 20.9. The van der Waals surface area contributed by atoms with Crippen LogP contribution in [-0.2, 0) is 5.54 Å². The zero-order valence-corrected chi connectivity index (χ0v) is 19.6. The van der Waals surface area contributed by atoms with Gasteiger partial charge in [-0.2, -0.15) is 0 Å². The zero-order chi connectivity index (χ0) is 21.1. The molecule has 1 aliphatic heterocycles. The maximum absolute atomic E-state index is 5.83. The summed E-state index contributed by atoms with van der Waals surface area (Å²) in [6, 6.07) is 14.3. The van der Waals surface area contributed by atoms with Gasteiger partial charge in [0, 0.05) is 16.8 Å². The molecule has 0 amide bonds. The molecule has 0 radical (unpaired) electrons. The summed E-state index contributed by atoms with van der Waals surface area (Å²) in [4.78, 5) is 6.30. The van der Waals surface area contributed by atoms with Crippen molar-refractivity contribution in [3.63, 3.8) is 0 Å². The topological polar surface area (TPSA) is 42.9 Å². The number of ether oxygens (including phenoxy) is 2. The van der Waals surface area contributed by atoms with E-state index < -0.39 is 0 Å². The average Bonchev–Trinajstić information content (AvgIpc) is 3.17. The van der Waals surface area contributed by atoms with Crippen molar-refractivity contribution in [2.45, 2.75) is 45.6 Å². The number of hydrogen-bond acceptors (Lipinski definition) is 6. The lowest BCUT2D eigenvalue weighted by molar-refractivity contribution is 0.306. The number of anilines is 1. The van der Waals surface area contributed by atoms with Gasteiger partial charge in [0.25, 0.3) is 0 Å². The number of nitrogens with one attached hydrogen (secondary N) is 1. The number of hydrogen-bond donors (Lipinski definition) is 1. The Labute approximate surface area is 185 Å².